The van der Waals surface area contributed by atoms with E-state index < -0.39 is 27.9 Å². The van der Waals surface area contributed by atoms with Gasteiger partial charge in [-0.15, -0.1) is 0 Å². The van der Waals surface area contributed by atoms with Crippen LogP contribution in [0.1, 0.15) is 33.6 Å². The second-order valence-corrected chi connectivity index (χ2v) is 8.45. The van der Waals surface area contributed by atoms with Crippen LogP contribution < -0.4 is 5.32 Å². The molecule has 0 bridgehead atoms. The summed E-state index contributed by atoms with van der Waals surface area (Å²) in [4.78, 5) is 11.6. The summed E-state index contributed by atoms with van der Waals surface area (Å²) in [6, 6.07) is -0.615. The zero-order valence-corrected chi connectivity index (χ0v) is 13.4. The highest BCUT2D eigenvalue weighted by molar-refractivity contribution is 6.76. The number of aliphatic hydroxyl groups is 2. The Morgan fingerprint density at radius 2 is 1.68 bits per heavy atom. The summed E-state index contributed by atoms with van der Waals surface area (Å²) in [5, 5.41) is 22.3. The van der Waals surface area contributed by atoms with Crippen LogP contribution in [0.4, 0.5) is 0 Å². The first-order valence-corrected chi connectivity index (χ1v) is 7.30. The van der Waals surface area contributed by atoms with Crippen molar-refractivity contribution >= 4 is 40.7 Å². The number of amides is 1. The van der Waals surface area contributed by atoms with Crippen LogP contribution in [0.2, 0.25) is 0 Å². The molecule has 1 amide bonds. The molecule has 1 rings (SSSR count). The quantitative estimate of drug-likeness (QED) is 0.643. The summed E-state index contributed by atoms with van der Waals surface area (Å²) < 4.78 is -2.07. The fourth-order valence-electron chi connectivity index (χ4n) is 2.34. The predicted molar refractivity (Wildman–Crippen MR) is 76.4 cm³/mol. The normalized spacial score (nSPS) is 33.1. The van der Waals surface area contributed by atoms with E-state index in [0.717, 1.165) is 0 Å². The van der Waals surface area contributed by atoms with E-state index in [1.165, 1.54) is 0 Å². The molecule has 0 spiro atoms. The van der Waals surface area contributed by atoms with E-state index in [1.807, 2.05) is 0 Å². The molecule has 0 aromatic rings. The standard InChI is InChI=1S/C12H20Cl3NO3/c1-11(2,3)6-4-7(9(18)8(17)5-6)16-10(19)12(13,14)15/h6-9,17-18H,4-5H2,1-3H3,(H,16,19)/t6-,7-,8-,9+/m0/s1. The number of alkyl halides is 3. The van der Waals surface area contributed by atoms with Gasteiger partial charge in [-0.1, -0.05) is 55.6 Å². The first-order valence-electron chi connectivity index (χ1n) is 6.16. The van der Waals surface area contributed by atoms with Crippen LogP contribution in [-0.4, -0.2) is 38.2 Å². The monoisotopic (exact) mass is 331 g/mol. The van der Waals surface area contributed by atoms with Gasteiger partial charge in [0.15, 0.2) is 0 Å². The largest absolute Gasteiger partial charge is 0.390 e. The summed E-state index contributed by atoms with van der Waals surface area (Å²) in [6.45, 7) is 6.15. The van der Waals surface area contributed by atoms with Crippen LogP contribution in [-0.2, 0) is 4.79 Å². The van der Waals surface area contributed by atoms with E-state index in [9.17, 15) is 15.0 Å². The Bertz CT molecular complexity index is 338. The van der Waals surface area contributed by atoms with E-state index in [4.69, 9.17) is 34.8 Å². The molecule has 4 atom stereocenters. The number of aliphatic hydroxyl groups excluding tert-OH is 2. The summed E-state index contributed by atoms with van der Waals surface area (Å²) in [5.74, 6) is -0.630. The lowest BCUT2D eigenvalue weighted by Gasteiger charge is -2.43. The Kier molecular flexibility index (Phi) is 5.41. The summed E-state index contributed by atoms with van der Waals surface area (Å²) >= 11 is 16.5. The molecule has 1 aliphatic rings. The molecule has 0 aromatic carbocycles. The molecule has 4 nitrogen and oxygen atoms in total. The Balaban J connectivity index is 2.78. The molecular formula is C12H20Cl3NO3. The van der Waals surface area contributed by atoms with Gasteiger partial charge in [0.2, 0.25) is 0 Å². The zero-order valence-electron chi connectivity index (χ0n) is 11.2. The first-order chi connectivity index (χ1) is 8.43. The lowest BCUT2D eigenvalue weighted by Crippen LogP contribution is -2.56. The zero-order chi connectivity index (χ0) is 15.0. The van der Waals surface area contributed by atoms with Crippen molar-refractivity contribution in [1.29, 1.82) is 0 Å². The first kappa shape index (κ1) is 17.3. The van der Waals surface area contributed by atoms with Crippen molar-refractivity contribution in [3.05, 3.63) is 0 Å². The molecule has 0 saturated heterocycles. The maximum absolute atomic E-state index is 11.6. The third-order valence-electron chi connectivity index (χ3n) is 3.67. The van der Waals surface area contributed by atoms with Crippen LogP contribution >= 0.6 is 34.8 Å². The fourth-order valence-corrected chi connectivity index (χ4v) is 2.51. The van der Waals surface area contributed by atoms with Crippen LogP contribution in [0.5, 0.6) is 0 Å². The highest BCUT2D eigenvalue weighted by Gasteiger charge is 2.42. The van der Waals surface area contributed by atoms with Crippen molar-refractivity contribution in [2.75, 3.05) is 0 Å². The predicted octanol–water partition coefficient (Wildman–Crippen LogP) is 2.02. The number of halogens is 3. The minimum atomic E-state index is -2.07. The Labute approximate surface area is 128 Å². The molecule has 112 valence electrons. The highest BCUT2D eigenvalue weighted by atomic mass is 35.6. The van der Waals surface area contributed by atoms with Crippen molar-refractivity contribution < 1.29 is 15.0 Å². The summed E-state index contributed by atoms with van der Waals surface area (Å²) in [5.41, 5.74) is -0.0376. The van der Waals surface area contributed by atoms with Crippen molar-refractivity contribution in [3.8, 4) is 0 Å². The van der Waals surface area contributed by atoms with Crippen LogP contribution in [0.15, 0.2) is 0 Å². The number of carbonyl (C=O) groups is 1. The van der Waals surface area contributed by atoms with Gasteiger partial charge in [-0.05, 0) is 24.2 Å². The summed E-state index contributed by atoms with van der Waals surface area (Å²) in [6.07, 6.45) is -0.910. The molecule has 19 heavy (non-hydrogen) atoms. The average molecular weight is 333 g/mol. The third kappa shape index (κ3) is 4.64. The highest BCUT2D eigenvalue weighted by Crippen LogP contribution is 2.38. The van der Waals surface area contributed by atoms with Crippen molar-refractivity contribution in [2.45, 2.75) is 55.7 Å². The van der Waals surface area contributed by atoms with E-state index in [0.29, 0.717) is 12.8 Å². The molecule has 1 aliphatic carbocycles. The van der Waals surface area contributed by atoms with Crippen molar-refractivity contribution in [1.82, 2.24) is 5.32 Å². The van der Waals surface area contributed by atoms with Gasteiger partial charge < -0.3 is 15.5 Å². The molecule has 0 heterocycles. The second-order valence-electron chi connectivity index (χ2n) is 6.17. The SMILES string of the molecule is CC(C)(C)[C@H]1C[C@H](NC(=O)C(Cl)(Cl)Cl)[C@@H](O)[C@@H](O)C1. The van der Waals surface area contributed by atoms with E-state index >= 15 is 0 Å². The van der Waals surface area contributed by atoms with Crippen LogP contribution in [0.3, 0.4) is 0 Å². The maximum atomic E-state index is 11.6. The molecule has 0 aliphatic heterocycles. The number of rotatable bonds is 1. The van der Waals surface area contributed by atoms with Gasteiger partial charge in [0.05, 0.1) is 12.1 Å². The average Bonchev–Trinajstić information content (AvgIpc) is 2.21. The molecular weight excluding hydrogens is 312 g/mol. The Hall–Kier alpha value is 0.260. The van der Waals surface area contributed by atoms with Crippen LogP contribution in [0, 0.1) is 11.3 Å². The van der Waals surface area contributed by atoms with Gasteiger partial charge in [0.25, 0.3) is 9.70 Å². The number of hydrogen-bond donors (Lipinski definition) is 3. The minimum absolute atomic E-state index is 0.0376. The molecule has 0 aromatic heterocycles. The van der Waals surface area contributed by atoms with E-state index in [2.05, 4.69) is 26.1 Å². The smallest absolute Gasteiger partial charge is 0.272 e. The Morgan fingerprint density at radius 1 is 1.16 bits per heavy atom. The minimum Gasteiger partial charge on any atom is -0.390 e. The Morgan fingerprint density at radius 3 is 2.11 bits per heavy atom. The van der Waals surface area contributed by atoms with Gasteiger partial charge in [-0.2, -0.15) is 0 Å². The molecule has 1 fully saturated rings. The molecule has 7 heteroatoms. The lowest BCUT2D eigenvalue weighted by atomic mass is 9.69. The molecule has 1 saturated carbocycles. The van der Waals surface area contributed by atoms with Gasteiger partial charge in [0.1, 0.15) is 6.10 Å². The second kappa shape index (κ2) is 5.94. The number of nitrogens with one attached hydrogen (secondary N) is 1. The van der Waals surface area contributed by atoms with Gasteiger partial charge in [-0.3, -0.25) is 4.79 Å². The summed E-state index contributed by atoms with van der Waals surface area (Å²) in [7, 11) is 0. The molecule has 0 radical (unpaired) electrons. The van der Waals surface area contributed by atoms with Crippen molar-refractivity contribution in [3.63, 3.8) is 0 Å². The molecule has 3 N–H and O–H groups in total. The fraction of sp³-hybridized carbons (Fsp3) is 0.917. The third-order valence-corrected chi connectivity index (χ3v) is 4.18. The van der Waals surface area contributed by atoms with Gasteiger partial charge >= 0.3 is 0 Å². The van der Waals surface area contributed by atoms with E-state index in [1.54, 1.807) is 0 Å². The number of carbonyl (C=O) groups excluding carboxylic acids is 1. The van der Waals surface area contributed by atoms with E-state index in [-0.39, 0.29) is 11.3 Å². The lowest BCUT2D eigenvalue weighted by molar-refractivity contribution is -0.125. The van der Waals surface area contributed by atoms with Gasteiger partial charge in [0, 0.05) is 0 Å². The molecule has 0 unspecified atom stereocenters. The van der Waals surface area contributed by atoms with Gasteiger partial charge in [-0.25, -0.2) is 0 Å². The van der Waals surface area contributed by atoms with Crippen LogP contribution in [0.25, 0.3) is 0 Å². The number of hydrogen-bond acceptors (Lipinski definition) is 3. The maximum Gasteiger partial charge on any atom is 0.272 e. The topological polar surface area (TPSA) is 69.6 Å². The van der Waals surface area contributed by atoms with Crippen molar-refractivity contribution in [2.24, 2.45) is 11.3 Å².